The second-order valence-corrected chi connectivity index (χ2v) is 10.5. The summed E-state index contributed by atoms with van der Waals surface area (Å²) in [7, 11) is -1.29. The van der Waals surface area contributed by atoms with Gasteiger partial charge in [-0.3, -0.25) is 4.21 Å². The first-order chi connectivity index (χ1) is 15.1. The molecule has 0 spiro atoms. The predicted molar refractivity (Wildman–Crippen MR) is 121 cm³/mol. The second-order valence-electron chi connectivity index (χ2n) is 8.70. The molecule has 1 aromatic heterocycles. The monoisotopic (exact) mass is 462 g/mol. The topological polar surface area (TPSA) is 87.6 Å². The highest BCUT2D eigenvalue weighted by Crippen LogP contribution is 2.40. The molecule has 2 aromatic rings. The van der Waals surface area contributed by atoms with Crippen molar-refractivity contribution in [1.29, 1.82) is 0 Å². The van der Waals surface area contributed by atoms with Crippen molar-refractivity contribution in [2.45, 2.75) is 54.9 Å². The van der Waals surface area contributed by atoms with E-state index in [0.717, 1.165) is 56.6 Å². The smallest absolute Gasteiger partial charge is 0.238 e. The van der Waals surface area contributed by atoms with Crippen LogP contribution in [0.5, 0.6) is 5.88 Å². The number of hydrogen-bond donors (Lipinski definition) is 2. The normalized spacial score (nSPS) is 24.6. The van der Waals surface area contributed by atoms with Gasteiger partial charge in [0.1, 0.15) is 15.7 Å². The van der Waals surface area contributed by atoms with E-state index in [1.165, 1.54) is 5.56 Å². The van der Waals surface area contributed by atoms with Gasteiger partial charge in [0.25, 0.3) is 0 Å². The molecule has 7 nitrogen and oxygen atoms in total. The van der Waals surface area contributed by atoms with E-state index in [9.17, 15) is 9.32 Å². The van der Waals surface area contributed by atoms with Gasteiger partial charge < -0.3 is 20.1 Å². The number of benzene rings is 1. The zero-order valence-electron chi connectivity index (χ0n) is 17.3. The lowest BCUT2D eigenvalue weighted by atomic mass is 9.77. The number of hydrogen-bond acceptors (Lipinski definition) is 7. The molecule has 2 N–H and O–H groups in total. The van der Waals surface area contributed by atoms with E-state index in [1.54, 1.807) is 0 Å². The number of ether oxygens (including phenoxy) is 1. The molecule has 5 rings (SSSR count). The van der Waals surface area contributed by atoms with E-state index in [0.29, 0.717) is 28.5 Å². The van der Waals surface area contributed by atoms with Gasteiger partial charge in [0, 0.05) is 18.1 Å². The zero-order chi connectivity index (χ0) is 21.4. The maximum Gasteiger partial charge on any atom is 0.238 e. The molecule has 0 bridgehead atoms. The van der Waals surface area contributed by atoms with Gasteiger partial charge >= 0.3 is 0 Å². The lowest BCUT2D eigenvalue weighted by Crippen LogP contribution is -2.48. The van der Waals surface area contributed by atoms with Crippen LogP contribution in [0.1, 0.15) is 50.0 Å². The fraction of sp³-hybridized carbons (Fsp3) is 0.545. The minimum atomic E-state index is -1.29. The van der Waals surface area contributed by atoms with Gasteiger partial charge in [0.2, 0.25) is 11.8 Å². The Bertz CT molecular complexity index is 978. The number of anilines is 2. The molecule has 1 unspecified atom stereocenters. The maximum atomic E-state index is 12.5. The maximum absolute atomic E-state index is 12.5. The Morgan fingerprint density at radius 2 is 2.00 bits per heavy atom. The number of aliphatic hydroxyl groups is 1. The van der Waals surface area contributed by atoms with Gasteiger partial charge in [0.15, 0.2) is 11.8 Å². The number of nitrogens with zero attached hydrogens (tertiary/aromatic N) is 3. The van der Waals surface area contributed by atoms with Gasteiger partial charge in [-0.15, -0.1) is 0 Å². The first-order valence-corrected chi connectivity index (χ1v) is 12.6. The highest BCUT2D eigenvalue weighted by Gasteiger charge is 2.39. The third kappa shape index (κ3) is 4.13. The Morgan fingerprint density at radius 3 is 2.71 bits per heavy atom. The highest BCUT2D eigenvalue weighted by atomic mass is 35.5. The van der Waals surface area contributed by atoms with Crippen molar-refractivity contribution in [3.8, 4) is 5.88 Å². The molecule has 1 aliphatic carbocycles. The van der Waals surface area contributed by atoms with Crippen molar-refractivity contribution in [3.05, 3.63) is 34.9 Å². The molecular formula is C22H27ClN4O3S. The number of rotatable bonds is 5. The van der Waals surface area contributed by atoms with Crippen LogP contribution in [0.2, 0.25) is 5.02 Å². The van der Waals surface area contributed by atoms with Crippen LogP contribution in [0.15, 0.2) is 29.2 Å². The molecule has 3 aliphatic rings. The van der Waals surface area contributed by atoms with Gasteiger partial charge in [-0.05, 0) is 62.1 Å². The van der Waals surface area contributed by atoms with Crippen LogP contribution < -0.4 is 15.0 Å². The van der Waals surface area contributed by atoms with E-state index in [-0.39, 0.29) is 18.1 Å². The van der Waals surface area contributed by atoms with Crippen molar-refractivity contribution >= 4 is 34.2 Å². The molecule has 31 heavy (non-hydrogen) atoms. The van der Waals surface area contributed by atoms with Crippen LogP contribution in [0.4, 0.5) is 11.8 Å². The van der Waals surface area contributed by atoms with E-state index in [1.807, 2.05) is 12.1 Å². The van der Waals surface area contributed by atoms with Crippen LogP contribution in [-0.2, 0) is 10.8 Å². The van der Waals surface area contributed by atoms with Crippen LogP contribution in [0, 0.1) is 0 Å². The summed E-state index contributed by atoms with van der Waals surface area (Å²) in [6.45, 7) is 1.72. The highest BCUT2D eigenvalue weighted by molar-refractivity contribution is 7.85. The van der Waals surface area contributed by atoms with Crippen molar-refractivity contribution in [3.63, 3.8) is 0 Å². The van der Waals surface area contributed by atoms with Crippen molar-refractivity contribution in [2.24, 2.45) is 0 Å². The molecule has 0 radical (unpaired) electrons. The van der Waals surface area contributed by atoms with E-state index in [2.05, 4.69) is 27.3 Å². The number of aromatic nitrogens is 2. The van der Waals surface area contributed by atoms with Crippen LogP contribution in [0.25, 0.3) is 0 Å². The summed E-state index contributed by atoms with van der Waals surface area (Å²) in [5, 5.41) is 14.0. The molecule has 2 aliphatic heterocycles. The molecule has 1 saturated heterocycles. The summed E-state index contributed by atoms with van der Waals surface area (Å²) in [4.78, 5) is 12.1. The molecular weight excluding hydrogens is 436 g/mol. The summed E-state index contributed by atoms with van der Waals surface area (Å²) in [5.74, 6) is 2.13. The van der Waals surface area contributed by atoms with Gasteiger partial charge in [-0.1, -0.05) is 23.7 Å². The minimum absolute atomic E-state index is 0.0289. The molecule has 0 amide bonds. The molecule has 2 atom stereocenters. The van der Waals surface area contributed by atoms with Gasteiger partial charge in [-0.25, -0.2) is 0 Å². The molecule has 3 heterocycles. The quantitative estimate of drug-likeness (QED) is 0.700. The Labute approximate surface area is 189 Å². The number of nitrogens with one attached hydrogen (secondary N) is 1. The van der Waals surface area contributed by atoms with Crippen molar-refractivity contribution in [2.75, 3.05) is 35.9 Å². The largest absolute Gasteiger partial charge is 0.463 e. The lowest BCUT2D eigenvalue weighted by molar-refractivity contribution is 0.143. The van der Waals surface area contributed by atoms with Crippen LogP contribution in [-0.4, -0.2) is 50.5 Å². The first kappa shape index (κ1) is 21.0. The van der Waals surface area contributed by atoms with Crippen molar-refractivity contribution in [1.82, 2.24) is 9.97 Å². The average Bonchev–Trinajstić information content (AvgIpc) is 2.97. The summed E-state index contributed by atoms with van der Waals surface area (Å²) in [6.07, 6.45) is 5.94. The summed E-state index contributed by atoms with van der Waals surface area (Å²) in [5.41, 5.74) is 0.932. The summed E-state index contributed by atoms with van der Waals surface area (Å²) >= 11 is 6.05. The molecule has 1 saturated carbocycles. The third-order valence-corrected chi connectivity index (χ3v) is 8.11. The fourth-order valence-corrected chi connectivity index (χ4v) is 5.73. The first-order valence-electron chi connectivity index (χ1n) is 10.9. The molecule has 1 aromatic carbocycles. The number of fused-ring (bicyclic) bond motifs is 1. The summed E-state index contributed by atoms with van der Waals surface area (Å²) < 4.78 is 18.1. The predicted octanol–water partition coefficient (Wildman–Crippen LogP) is 3.69. The number of halogens is 1. The van der Waals surface area contributed by atoms with Crippen molar-refractivity contribution < 1.29 is 14.1 Å². The van der Waals surface area contributed by atoms with Gasteiger partial charge in [-0.2, -0.15) is 9.97 Å². The SMILES string of the molecule is O=[S@]1COc2nc(N3CCCC(c4ccc(Cl)cc4)CC3)nc(NC3(CO)CCC3)c21. The minimum Gasteiger partial charge on any atom is -0.463 e. The molecule has 9 heteroatoms. The van der Waals surface area contributed by atoms with Crippen LogP contribution >= 0.6 is 11.6 Å². The van der Waals surface area contributed by atoms with E-state index < -0.39 is 10.8 Å². The fourth-order valence-electron chi connectivity index (χ4n) is 4.66. The Hall–Kier alpha value is -1.90. The Kier molecular flexibility index (Phi) is 5.79. The Balaban J connectivity index is 1.39. The average molecular weight is 463 g/mol. The standard InChI is InChI=1S/C22H27ClN4O3S/c23-17-6-4-16(5-7-17)15-3-1-11-27(12-8-15)21-24-19(26-22(13-28)9-2-10-22)18-20(25-21)30-14-31(18)29/h4-7,15,28H,1-3,8-14H2,(H,24,25,26)/t15?,31-/m0/s1. The molecule has 166 valence electrons. The zero-order valence-corrected chi connectivity index (χ0v) is 18.9. The third-order valence-electron chi connectivity index (χ3n) is 6.70. The number of aliphatic hydroxyl groups excluding tert-OH is 1. The van der Waals surface area contributed by atoms with E-state index in [4.69, 9.17) is 21.3 Å². The Morgan fingerprint density at radius 1 is 1.19 bits per heavy atom. The lowest BCUT2D eigenvalue weighted by Gasteiger charge is -2.41. The van der Waals surface area contributed by atoms with Gasteiger partial charge in [0.05, 0.1) is 12.1 Å². The van der Waals surface area contributed by atoms with E-state index >= 15 is 0 Å². The summed E-state index contributed by atoms with van der Waals surface area (Å²) in [6, 6.07) is 8.14. The molecule has 2 fully saturated rings. The van der Waals surface area contributed by atoms with Crippen LogP contribution in [0.3, 0.4) is 0 Å². The second kappa shape index (κ2) is 8.56.